The van der Waals surface area contributed by atoms with Gasteiger partial charge in [0, 0.05) is 13.6 Å². The number of hydrogen-bond donors (Lipinski definition) is 2. The van der Waals surface area contributed by atoms with Crippen LogP contribution in [0, 0.1) is 5.92 Å². The van der Waals surface area contributed by atoms with Crippen LogP contribution in [0.1, 0.15) is 5.56 Å². The zero-order valence-corrected chi connectivity index (χ0v) is 10.6. The number of amides is 2. The standard InChI is InChI=1S/C14H16N2O3/c1-15-14(19)12(9-16-10-17)13(18)8-7-11-5-3-2-4-6-11/h2-8,10,12H,9H2,1H3,(H,15,19)(H,16,17)/b8-7+. The highest BCUT2D eigenvalue weighted by molar-refractivity contribution is 6.08. The molecule has 1 unspecified atom stereocenters. The summed E-state index contributed by atoms with van der Waals surface area (Å²) in [5, 5.41) is 4.75. The highest BCUT2D eigenvalue weighted by atomic mass is 16.2. The molecular weight excluding hydrogens is 244 g/mol. The predicted octanol–water partition coefficient (Wildman–Crippen LogP) is 0.377. The maximum absolute atomic E-state index is 11.9. The Morgan fingerprint density at radius 3 is 2.53 bits per heavy atom. The molecule has 0 bridgehead atoms. The van der Waals surface area contributed by atoms with Crippen LogP contribution in [-0.4, -0.2) is 31.7 Å². The van der Waals surface area contributed by atoms with Gasteiger partial charge < -0.3 is 10.6 Å². The fourth-order valence-electron chi connectivity index (χ4n) is 1.52. The van der Waals surface area contributed by atoms with Gasteiger partial charge in [-0.15, -0.1) is 0 Å². The minimum absolute atomic E-state index is 0.0128. The second-order valence-electron chi connectivity index (χ2n) is 3.84. The number of carbonyl (C=O) groups excluding carboxylic acids is 3. The monoisotopic (exact) mass is 260 g/mol. The summed E-state index contributed by atoms with van der Waals surface area (Å²) < 4.78 is 0. The van der Waals surface area contributed by atoms with E-state index in [1.807, 2.05) is 30.3 Å². The van der Waals surface area contributed by atoms with Crippen molar-refractivity contribution in [2.75, 3.05) is 13.6 Å². The Morgan fingerprint density at radius 1 is 1.26 bits per heavy atom. The Kier molecular flexibility index (Phi) is 6.02. The quantitative estimate of drug-likeness (QED) is 0.423. The van der Waals surface area contributed by atoms with E-state index in [4.69, 9.17) is 0 Å². The Labute approximate surface area is 111 Å². The summed E-state index contributed by atoms with van der Waals surface area (Å²) in [5.74, 6) is -1.68. The summed E-state index contributed by atoms with van der Waals surface area (Å²) in [5.41, 5.74) is 0.870. The summed E-state index contributed by atoms with van der Waals surface area (Å²) in [6, 6.07) is 9.29. The molecule has 0 heterocycles. The normalized spacial score (nSPS) is 11.8. The minimum atomic E-state index is -0.907. The van der Waals surface area contributed by atoms with Gasteiger partial charge in [0.25, 0.3) is 0 Å². The third-order valence-corrected chi connectivity index (χ3v) is 2.55. The van der Waals surface area contributed by atoms with Crippen molar-refractivity contribution in [2.24, 2.45) is 5.92 Å². The molecule has 1 aromatic rings. The average molecular weight is 260 g/mol. The Hall–Kier alpha value is -2.43. The summed E-state index contributed by atoms with van der Waals surface area (Å²) in [4.78, 5) is 33.7. The van der Waals surface area contributed by atoms with Crippen LogP contribution in [0.2, 0.25) is 0 Å². The van der Waals surface area contributed by atoms with Crippen LogP contribution in [0.4, 0.5) is 0 Å². The van der Waals surface area contributed by atoms with E-state index in [9.17, 15) is 14.4 Å². The molecule has 100 valence electrons. The first kappa shape index (κ1) is 14.6. The fourth-order valence-corrected chi connectivity index (χ4v) is 1.52. The maximum atomic E-state index is 11.9. The van der Waals surface area contributed by atoms with Crippen LogP contribution in [0.25, 0.3) is 6.08 Å². The first-order valence-electron chi connectivity index (χ1n) is 5.84. The van der Waals surface area contributed by atoms with E-state index in [1.165, 1.54) is 13.1 Å². The topological polar surface area (TPSA) is 75.3 Å². The van der Waals surface area contributed by atoms with Gasteiger partial charge in [-0.05, 0) is 11.6 Å². The second kappa shape index (κ2) is 7.81. The molecule has 0 fully saturated rings. The Morgan fingerprint density at radius 2 is 1.95 bits per heavy atom. The van der Waals surface area contributed by atoms with Crippen molar-refractivity contribution >= 4 is 24.2 Å². The van der Waals surface area contributed by atoms with E-state index >= 15 is 0 Å². The molecule has 0 aliphatic carbocycles. The van der Waals surface area contributed by atoms with Crippen molar-refractivity contribution in [1.82, 2.24) is 10.6 Å². The first-order valence-corrected chi connectivity index (χ1v) is 5.84. The number of rotatable bonds is 7. The molecule has 2 N–H and O–H groups in total. The van der Waals surface area contributed by atoms with Gasteiger partial charge in [0.15, 0.2) is 5.78 Å². The van der Waals surface area contributed by atoms with Gasteiger partial charge >= 0.3 is 0 Å². The number of hydrogen-bond acceptors (Lipinski definition) is 3. The number of ketones is 1. The largest absolute Gasteiger partial charge is 0.358 e. The van der Waals surface area contributed by atoms with Gasteiger partial charge in [-0.25, -0.2) is 0 Å². The van der Waals surface area contributed by atoms with E-state index < -0.39 is 11.8 Å². The van der Waals surface area contributed by atoms with Crippen LogP contribution in [-0.2, 0) is 14.4 Å². The molecule has 0 spiro atoms. The third-order valence-electron chi connectivity index (χ3n) is 2.55. The molecule has 1 atom stereocenters. The minimum Gasteiger partial charge on any atom is -0.358 e. The maximum Gasteiger partial charge on any atom is 0.232 e. The van der Waals surface area contributed by atoms with Crippen LogP contribution >= 0.6 is 0 Å². The summed E-state index contributed by atoms with van der Waals surface area (Å²) in [6.07, 6.45) is 3.45. The van der Waals surface area contributed by atoms with Crippen molar-refractivity contribution < 1.29 is 14.4 Å². The van der Waals surface area contributed by atoms with Crippen LogP contribution in [0.3, 0.4) is 0 Å². The molecule has 0 aliphatic heterocycles. The molecule has 0 aromatic heterocycles. The van der Waals surface area contributed by atoms with E-state index in [0.717, 1.165) is 5.56 Å². The molecule has 19 heavy (non-hydrogen) atoms. The van der Waals surface area contributed by atoms with Crippen LogP contribution in [0.5, 0.6) is 0 Å². The molecule has 5 heteroatoms. The molecule has 0 saturated heterocycles. The van der Waals surface area contributed by atoms with Crippen molar-refractivity contribution in [1.29, 1.82) is 0 Å². The molecule has 1 rings (SSSR count). The highest BCUT2D eigenvalue weighted by Crippen LogP contribution is 2.04. The van der Waals surface area contributed by atoms with Gasteiger partial charge in [0.2, 0.25) is 12.3 Å². The Balaban J connectivity index is 2.73. The number of allylic oxidation sites excluding steroid dienone is 1. The smallest absolute Gasteiger partial charge is 0.232 e. The zero-order chi connectivity index (χ0) is 14.1. The first-order chi connectivity index (χ1) is 9.19. The average Bonchev–Trinajstić information content (AvgIpc) is 2.46. The van der Waals surface area contributed by atoms with Gasteiger partial charge in [-0.2, -0.15) is 0 Å². The third kappa shape index (κ3) is 4.75. The molecule has 0 aliphatic rings. The van der Waals surface area contributed by atoms with Gasteiger partial charge in [-0.3, -0.25) is 14.4 Å². The van der Waals surface area contributed by atoms with E-state index in [0.29, 0.717) is 6.41 Å². The fraction of sp³-hybridized carbons (Fsp3) is 0.214. The van der Waals surface area contributed by atoms with Gasteiger partial charge in [0.05, 0.1) is 0 Å². The molecular formula is C14H16N2O3. The Bertz CT molecular complexity index is 469. The zero-order valence-electron chi connectivity index (χ0n) is 10.6. The van der Waals surface area contributed by atoms with E-state index in [2.05, 4.69) is 10.6 Å². The van der Waals surface area contributed by atoms with Crippen LogP contribution in [0.15, 0.2) is 36.4 Å². The molecule has 5 nitrogen and oxygen atoms in total. The lowest BCUT2D eigenvalue weighted by Gasteiger charge is -2.11. The van der Waals surface area contributed by atoms with E-state index in [-0.39, 0.29) is 12.3 Å². The summed E-state index contributed by atoms with van der Waals surface area (Å²) in [7, 11) is 1.45. The molecule has 2 amide bonds. The molecule has 1 aromatic carbocycles. The van der Waals surface area contributed by atoms with Gasteiger partial charge in [0.1, 0.15) is 5.92 Å². The lowest BCUT2D eigenvalue weighted by Crippen LogP contribution is -2.39. The number of nitrogens with one attached hydrogen (secondary N) is 2. The van der Waals surface area contributed by atoms with Crippen LogP contribution < -0.4 is 10.6 Å². The van der Waals surface area contributed by atoms with Crippen molar-refractivity contribution in [2.45, 2.75) is 0 Å². The number of carbonyl (C=O) groups is 3. The lowest BCUT2D eigenvalue weighted by atomic mass is 10.0. The highest BCUT2D eigenvalue weighted by Gasteiger charge is 2.23. The van der Waals surface area contributed by atoms with Gasteiger partial charge in [-0.1, -0.05) is 36.4 Å². The predicted molar refractivity (Wildman–Crippen MR) is 72.1 cm³/mol. The second-order valence-corrected chi connectivity index (χ2v) is 3.84. The summed E-state index contributed by atoms with van der Waals surface area (Å²) >= 11 is 0. The SMILES string of the molecule is CNC(=O)C(CNC=O)C(=O)/C=C/c1ccccc1. The lowest BCUT2D eigenvalue weighted by molar-refractivity contribution is -0.131. The van der Waals surface area contributed by atoms with Crippen molar-refractivity contribution in [3.8, 4) is 0 Å². The molecule has 0 saturated carbocycles. The molecule has 0 radical (unpaired) electrons. The van der Waals surface area contributed by atoms with Crippen molar-refractivity contribution in [3.05, 3.63) is 42.0 Å². The number of benzene rings is 1. The van der Waals surface area contributed by atoms with E-state index in [1.54, 1.807) is 6.08 Å². The van der Waals surface area contributed by atoms with Crippen molar-refractivity contribution in [3.63, 3.8) is 0 Å². The summed E-state index contributed by atoms with van der Waals surface area (Å²) in [6.45, 7) is -0.0128.